The van der Waals surface area contributed by atoms with E-state index in [1.54, 1.807) is 19.9 Å². The normalized spacial score (nSPS) is 16.4. The molecule has 0 aromatic heterocycles. The molecule has 1 atom stereocenters. The molecular formula is C18H23FN4O5. The minimum Gasteiger partial charge on any atom is -0.478 e. The summed E-state index contributed by atoms with van der Waals surface area (Å²) in [5.74, 6) is -2.20. The predicted octanol–water partition coefficient (Wildman–Crippen LogP) is 0.851. The van der Waals surface area contributed by atoms with E-state index in [1.165, 1.54) is 25.1 Å². The number of hydrogen-bond acceptors (Lipinski definition) is 5. The van der Waals surface area contributed by atoms with Crippen LogP contribution in [0.3, 0.4) is 0 Å². The first-order valence-corrected chi connectivity index (χ1v) is 8.76. The Balaban J connectivity index is 1.71. The van der Waals surface area contributed by atoms with Gasteiger partial charge >= 0.3 is 6.03 Å². The first-order chi connectivity index (χ1) is 13.1. The van der Waals surface area contributed by atoms with E-state index < -0.39 is 35.3 Å². The third-order valence-corrected chi connectivity index (χ3v) is 4.06. The third kappa shape index (κ3) is 5.18. The molecule has 1 fully saturated rings. The van der Waals surface area contributed by atoms with Gasteiger partial charge in [-0.3, -0.25) is 30.1 Å². The molecule has 1 aliphatic heterocycles. The first kappa shape index (κ1) is 21.1. The molecule has 0 bridgehead atoms. The molecule has 5 amide bonds. The quantitative estimate of drug-likeness (QED) is 0.468. The van der Waals surface area contributed by atoms with E-state index in [2.05, 4.69) is 16.2 Å². The van der Waals surface area contributed by atoms with Gasteiger partial charge in [0.15, 0.2) is 17.7 Å². The molecule has 10 heteroatoms. The van der Waals surface area contributed by atoms with Gasteiger partial charge in [-0.05, 0) is 39.3 Å². The van der Waals surface area contributed by atoms with Crippen LogP contribution in [-0.2, 0) is 14.4 Å². The van der Waals surface area contributed by atoms with E-state index in [1.807, 2.05) is 0 Å². The van der Waals surface area contributed by atoms with Gasteiger partial charge in [0.2, 0.25) is 5.91 Å². The number of ether oxygens (including phenoxy) is 1. The van der Waals surface area contributed by atoms with Crippen LogP contribution in [0.15, 0.2) is 24.3 Å². The maximum absolute atomic E-state index is 13.5. The molecule has 0 aliphatic carbocycles. The number of imide groups is 1. The van der Waals surface area contributed by atoms with Gasteiger partial charge in [-0.25, -0.2) is 9.18 Å². The topological polar surface area (TPSA) is 117 Å². The predicted molar refractivity (Wildman–Crippen MR) is 96.3 cm³/mol. The number of rotatable bonds is 7. The maximum Gasteiger partial charge on any atom is 0.325 e. The second-order valence-corrected chi connectivity index (χ2v) is 6.84. The second-order valence-electron chi connectivity index (χ2n) is 6.84. The fourth-order valence-corrected chi connectivity index (χ4v) is 2.50. The number of para-hydroxylation sites is 1. The molecule has 1 aliphatic rings. The molecule has 28 heavy (non-hydrogen) atoms. The van der Waals surface area contributed by atoms with E-state index in [0.29, 0.717) is 0 Å². The highest BCUT2D eigenvalue weighted by molar-refractivity contribution is 6.06. The summed E-state index contributed by atoms with van der Waals surface area (Å²) in [6.45, 7) is 4.69. The number of nitrogens with zero attached hydrogens (tertiary/aromatic N) is 1. The van der Waals surface area contributed by atoms with Crippen LogP contribution in [0.4, 0.5) is 9.18 Å². The smallest absolute Gasteiger partial charge is 0.325 e. The number of hydrogen-bond donors (Lipinski definition) is 3. The van der Waals surface area contributed by atoms with Crippen LogP contribution in [0.25, 0.3) is 0 Å². The van der Waals surface area contributed by atoms with E-state index in [9.17, 15) is 23.6 Å². The summed E-state index contributed by atoms with van der Waals surface area (Å²) < 4.78 is 18.7. The second kappa shape index (κ2) is 8.68. The molecule has 1 heterocycles. The van der Waals surface area contributed by atoms with Crippen molar-refractivity contribution in [2.75, 3.05) is 6.54 Å². The highest BCUT2D eigenvalue weighted by Gasteiger charge is 2.43. The van der Waals surface area contributed by atoms with Gasteiger partial charge in [-0.1, -0.05) is 12.1 Å². The van der Waals surface area contributed by atoms with Crippen molar-refractivity contribution in [3.8, 4) is 5.75 Å². The number of benzene rings is 1. The fraction of sp³-hybridized carbons (Fsp3) is 0.444. The largest absolute Gasteiger partial charge is 0.478 e. The summed E-state index contributed by atoms with van der Waals surface area (Å²) in [6, 6.07) is 5.15. The van der Waals surface area contributed by atoms with Crippen molar-refractivity contribution in [3.05, 3.63) is 30.1 Å². The van der Waals surface area contributed by atoms with Gasteiger partial charge in [0.1, 0.15) is 5.54 Å². The van der Waals surface area contributed by atoms with Crippen LogP contribution in [0.2, 0.25) is 0 Å². The standard InChI is InChI=1S/C18H23FN4O5/c1-11(28-13-8-5-4-7-12(13)19)15(25)22-21-14(24)9-6-10-23-16(26)18(2,3)20-17(23)27/h4-5,7-8,11H,6,9-10H2,1-3H3,(H,20,27)(H,21,24)(H,22,25). The van der Waals surface area contributed by atoms with E-state index in [4.69, 9.17) is 4.74 Å². The Morgan fingerprint density at radius 3 is 2.54 bits per heavy atom. The molecule has 9 nitrogen and oxygen atoms in total. The van der Waals surface area contributed by atoms with Crippen LogP contribution in [-0.4, -0.2) is 46.8 Å². The number of carbonyl (C=O) groups is 4. The number of carbonyl (C=O) groups excluding carboxylic acids is 4. The van der Waals surface area contributed by atoms with Crippen LogP contribution >= 0.6 is 0 Å². The SMILES string of the molecule is CC(Oc1ccccc1F)C(=O)NNC(=O)CCCN1C(=O)NC(C)(C)C1=O. The van der Waals surface area contributed by atoms with Gasteiger partial charge in [0, 0.05) is 13.0 Å². The molecular weight excluding hydrogens is 371 g/mol. The Labute approximate surface area is 161 Å². The average molecular weight is 394 g/mol. The molecule has 1 unspecified atom stereocenters. The zero-order valence-corrected chi connectivity index (χ0v) is 15.9. The Morgan fingerprint density at radius 1 is 1.25 bits per heavy atom. The lowest BCUT2D eigenvalue weighted by Gasteiger charge is -2.16. The van der Waals surface area contributed by atoms with Crippen molar-refractivity contribution in [3.63, 3.8) is 0 Å². The summed E-state index contributed by atoms with van der Waals surface area (Å²) in [7, 11) is 0. The van der Waals surface area contributed by atoms with Gasteiger partial charge in [0.05, 0.1) is 0 Å². The highest BCUT2D eigenvalue weighted by Crippen LogP contribution is 2.17. The lowest BCUT2D eigenvalue weighted by Crippen LogP contribution is -2.47. The average Bonchev–Trinajstić information content (AvgIpc) is 2.82. The number of amides is 5. The van der Waals surface area contributed by atoms with Gasteiger partial charge in [-0.15, -0.1) is 0 Å². The summed E-state index contributed by atoms with van der Waals surface area (Å²) in [4.78, 5) is 48.5. The van der Waals surface area contributed by atoms with E-state index in [-0.39, 0.29) is 31.0 Å². The summed E-state index contributed by atoms with van der Waals surface area (Å²) in [5, 5.41) is 2.55. The van der Waals surface area contributed by atoms with Crippen molar-refractivity contribution in [1.29, 1.82) is 0 Å². The zero-order valence-electron chi connectivity index (χ0n) is 15.9. The van der Waals surface area contributed by atoms with Crippen molar-refractivity contribution in [2.45, 2.75) is 45.3 Å². The Kier molecular flexibility index (Phi) is 6.55. The maximum atomic E-state index is 13.5. The Bertz CT molecular complexity index is 783. The molecule has 152 valence electrons. The third-order valence-electron chi connectivity index (χ3n) is 4.06. The minimum atomic E-state index is -1.04. The molecule has 1 aromatic rings. The van der Waals surface area contributed by atoms with Crippen LogP contribution in [0.5, 0.6) is 5.75 Å². The first-order valence-electron chi connectivity index (χ1n) is 8.76. The zero-order chi connectivity index (χ0) is 20.9. The molecule has 1 aromatic carbocycles. The lowest BCUT2D eigenvalue weighted by atomic mass is 10.1. The number of halogens is 1. The highest BCUT2D eigenvalue weighted by atomic mass is 19.1. The molecule has 2 rings (SSSR count). The van der Waals surface area contributed by atoms with E-state index >= 15 is 0 Å². The van der Waals surface area contributed by atoms with Crippen molar-refractivity contribution < 1.29 is 28.3 Å². The Hall–Kier alpha value is -3.17. The minimum absolute atomic E-state index is 0.0136. The van der Waals surface area contributed by atoms with Crippen LogP contribution in [0, 0.1) is 5.82 Å². The van der Waals surface area contributed by atoms with Crippen LogP contribution in [0.1, 0.15) is 33.6 Å². The number of hydrazine groups is 1. The Morgan fingerprint density at radius 2 is 1.93 bits per heavy atom. The lowest BCUT2D eigenvalue weighted by molar-refractivity contribution is -0.133. The van der Waals surface area contributed by atoms with Crippen molar-refractivity contribution in [2.24, 2.45) is 0 Å². The summed E-state index contributed by atoms with van der Waals surface area (Å²) >= 11 is 0. The van der Waals surface area contributed by atoms with Crippen LogP contribution < -0.4 is 20.9 Å². The number of nitrogens with one attached hydrogen (secondary N) is 3. The fourth-order valence-electron chi connectivity index (χ4n) is 2.50. The van der Waals surface area contributed by atoms with Gasteiger partial charge in [0.25, 0.3) is 11.8 Å². The molecule has 1 saturated heterocycles. The number of urea groups is 1. The van der Waals surface area contributed by atoms with Crippen molar-refractivity contribution >= 4 is 23.8 Å². The molecule has 3 N–H and O–H groups in total. The molecule has 0 spiro atoms. The van der Waals surface area contributed by atoms with Gasteiger partial charge < -0.3 is 10.1 Å². The summed E-state index contributed by atoms with van der Waals surface area (Å²) in [6.07, 6.45) is -0.816. The van der Waals surface area contributed by atoms with Crippen molar-refractivity contribution in [1.82, 2.24) is 21.1 Å². The van der Waals surface area contributed by atoms with E-state index in [0.717, 1.165) is 4.90 Å². The van der Waals surface area contributed by atoms with Gasteiger partial charge in [-0.2, -0.15) is 0 Å². The monoisotopic (exact) mass is 394 g/mol. The summed E-state index contributed by atoms with van der Waals surface area (Å²) in [5.41, 5.74) is 3.44. The molecule has 0 saturated carbocycles. The molecule has 0 radical (unpaired) electrons.